The summed E-state index contributed by atoms with van der Waals surface area (Å²) in [6, 6.07) is 7.48. The molecule has 0 N–H and O–H groups in total. The second-order valence-electron chi connectivity index (χ2n) is 3.66. The lowest BCUT2D eigenvalue weighted by Gasteiger charge is -1.99. The highest BCUT2D eigenvalue weighted by Crippen LogP contribution is 2.06. The highest BCUT2D eigenvalue weighted by atomic mass is 16.3. The molecule has 0 saturated heterocycles. The van der Waals surface area contributed by atoms with Gasteiger partial charge in [0.15, 0.2) is 0 Å². The van der Waals surface area contributed by atoms with Gasteiger partial charge in [-0.15, -0.1) is 0 Å². The normalized spacial score (nSPS) is 10.2. The van der Waals surface area contributed by atoms with Crippen molar-refractivity contribution in [3.05, 3.63) is 54.2 Å². The molecule has 82 valence electrons. The van der Waals surface area contributed by atoms with Crippen LogP contribution in [0.15, 0.2) is 47.3 Å². The number of pyridine rings is 1. The average molecular weight is 215 g/mol. The maximum absolute atomic E-state index is 11.6. The van der Waals surface area contributed by atoms with Crippen molar-refractivity contribution in [2.45, 2.75) is 19.3 Å². The zero-order chi connectivity index (χ0) is 11.2. The molecule has 2 rings (SSSR count). The second kappa shape index (κ2) is 5.26. The Morgan fingerprint density at radius 1 is 1.31 bits per heavy atom. The van der Waals surface area contributed by atoms with Crippen molar-refractivity contribution in [3.8, 4) is 0 Å². The van der Waals surface area contributed by atoms with E-state index in [1.54, 1.807) is 18.7 Å². The van der Waals surface area contributed by atoms with E-state index in [1.165, 1.54) is 0 Å². The molecule has 3 heteroatoms. The number of carbonyl (C=O) groups is 1. The molecule has 16 heavy (non-hydrogen) atoms. The SMILES string of the molecule is O=C(CCc1ccco1)Cc1cccnc1. The third kappa shape index (κ3) is 3.05. The summed E-state index contributed by atoms with van der Waals surface area (Å²) in [6.45, 7) is 0. The van der Waals surface area contributed by atoms with Gasteiger partial charge in [0.25, 0.3) is 0 Å². The summed E-state index contributed by atoms with van der Waals surface area (Å²) in [5, 5.41) is 0. The standard InChI is InChI=1S/C13H13NO2/c15-12(5-6-13-4-2-8-16-13)9-11-3-1-7-14-10-11/h1-4,7-8,10H,5-6,9H2. The minimum Gasteiger partial charge on any atom is -0.469 e. The lowest BCUT2D eigenvalue weighted by Crippen LogP contribution is -2.04. The van der Waals surface area contributed by atoms with E-state index in [4.69, 9.17) is 4.42 Å². The lowest BCUT2D eigenvalue weighted by molar-refractivity contribution is -0.118. The Kier molecular flexibility index (Phi) is 3.49. The lowest BCUT2D eigenvalue weighted by atomic mass is 10.1. The van der Waals surface area contributed by atoms with Crippen LogP contribution < -0.4 is 0 Å². The molecule has 2 heterocycles. The highest BCUT2D eigenvalue weighted by molar-refractivity contribution is 5.80. The number of furan rings is 1. The van der Waals surface area contributed by atoms with Gasteiger partial charge < -0.3 is 4.42 Å². The van der Waals surface area contributed by atoms with Gasteiger partial charge in [-0.05, 0) is 23.8 Å². The van der Waals surface area contributed by atoms with Crippen LogP contribution in [-0.2, 0) is 17.6 Å². The molecule has 0 aromatic carbocycles. The van der Waals surface area contributed by atoms with E-state index in [0.717, 1.165) is 11.3 Å². The molecule has 0 aliphatic carbocycles. The molecule has 0 unspecified atom stereocenters. The van der Waals surface area contributed by atoms with Crippen LogP contribution in [0, 0.1) is 0 Å². The molecule has 0 radical (unpaired) electrons. The summed E-state index contributed by atoms with van der Waals surface area (Å²) >= 11 is 0. The first kappa shape index (κ1) is 10.6. The van der Waals surface area contributed by atoms with Crippen LogP contribution in [0.5, 0.6) is 0 Å². The molecule has 0 fully saturated rings. The number of hydrogen-bond donors (Lipinski definition) is 0. The van der Waals surface area contributed by atoms with E-state index < -0.39 is 0 Å². The molecule has 0 spiro atoms. The predicted octanol–water partition coefficient (Wildman–Crippen LogP) is 2.42. The summed E-state index contributed by atoms with van der Waals surface area (Å²) in [4.78, 5) is 15.6. The van der Waals surface area contributed by atoms with Crippen molar-refractivity contribution in [2.24, 2.45) is 0 Å². The Morgan fingerprint density at radius 2 is 2.25 bits per heavy atom. The second-order valence-corrected chi connectivity index (χ2v) is 3.66. The molecule has 2 aromatic heterocycles. The maximum Gasteiger partial charge on any atom is 0.137 e. The third-order valence-corrected chi connectivity index (χ3v) is 2.35. The van der Waals surface area contributed by atoms with Crippen LogP contribution in [-0.4, -0.2) is 10.8 Å². The number of aromatic nitrogens is 1. The van der Waals surface area contributed by atoms with Crippen LogP contribution in [0.4, 0.5) is 0 Å². The molecule has 2 aromatic rings. The summed E-state index contributed by atoms with van der Waals surface area (Å²) < 4.78 is 5.17. The topological polar surface area (TPSA) is 43.1 Å². The van der Waals surface area contributed by atoms with Crippen molar-refractivity contribution >= 4 is 5.78 Å². The van der Waals surface area contributed by atoms with Crippen molar-refractivity contribution in [1.29, 1.82) is 0 Å². The van der Waals surface area contributed by atoms with Crippen molar-refractivity contribution in [3.63, 3.8) is 0 Å². The zero-order valence-corrected chi connectivity index (χ0v) is 8.93. The Morgan fingerprint density at radius 3 is 2.94 bits per heavy atom. The summed E-state index contributed by atoms with van der Waals surface area (Å²) in [7, 11) is 0. The van der Waals surface area contributed by atoms with E-state index >= 15 is 0 Å². The monoisotopic (exact) mass is 215 g/mol. The summed E-state index contributed by atoms with van der Waals surface area (Å²) in [5.41, 5.74) is 0.965. The van der Waals surface area contributed by atoms with Crippen molar-refractivity contribution < 1.29 is 9.21 Å². The molecule has 0 saturated carbocycles. The van der Waals surface area contributed by atoms with Gasteiger partial charge >= 0.3 is 0 Å². The van der Waals surface area contributed by atoms with E-state index in [9.17, 15) is 4.79 Å². The van der Waals surface area contributed by atoms with E-state index in [0.29, 0.717) is 19.3 Å². The van der Waals surface area contributed by atoms with Gasteiger partial charge in [-0.3, -0.25) is 9.78 Å². The van der Waals surface area contributed by atoms with E-state index in [-0.39, 0.29) is 5.78 Å². The molecular formula is C13H13NO2. The van der Waals surface area contributed by atoms with Gasteiger partial charge in [0.05, 0.1) is 6.26 Å². The fourth-order valence-electron chi connectivity index (χ4n) is 1.54. The van der Waals surface area contributed by atoms with Crippen molar-refractivity contribution in [1.82, 2.24) is 4.98 Å². The van der Waals surface area contributed by atoms with Gasteiger partial charge in [-0.2, -0.15) is 0 Å². The fourth-order valence-corrected chi connectivity index (χ4v) is 1.54. The summed E-state index contributed by atoms with van der Waals surface area (Å²) in [6.07, 6.45) is 6.70. The number of nitrogens with zero attached hydrogens (tertiary/aromatic N) is 1. The molecular weight excluding hydrogens is 202 g/mol. The van der Waals surface area contributed by atoms with Gasteiger partial charge in [-0.1, -0.05) is 6.07 Å². The van der Waals surface area contributed by atoms with Crippen LogP contribution in [0.2, 0.25) is 0 Å². The first-order valence-corrected chi connectivity index (χ1v) is 5.27. The molecule has 0 amide bonds. The third-order valence-electron chi connectivity index (χ3n) is 2.35. The van der Waals surface area contributed by atoms with E-state index in [1.807, 2.05) is 24.3 Å². The molecule has 0 bridgehead atoms. The molecule has 0 atom stereocenters. The maximum atomic E-state index is 11.6. The van der Waals surface area contributed by atoms with Crippen LogP contribution in [0.3, 0.4) is 0 Å². The smallest absolute Gasteiger partial charge is 0.137 e. The van der Waals surface area contributed by atoms with E-state index in [2.05, 4.69) is 4.98 Å². The number of rotatable bonds is 5. The molecule has 3 nitrogen and oxygen atoms in total. The Bertz CT molecular complexity index is 434. The quantitative estimate of drug-likeness (QED) is 0.769. The summed E-state index contributed by atoms with van der Waals surface area (Å²) in [5.74, 6) is 1.07. The zero-order valence-electron chi connectivity index (χ0n) is 8.93. The molecule has 0 aliphatic heterocycles. The molecule has 0 aliphatic rings. The largest absolute Gasteiger partial charge is 0.469 e. The first-order chi connectivity index (χ1) is 7.84. The van der Waals surface area contributed by atoms with Crippen molar-refractivity contribution in [2.75, 3.05) is 0 Å². The Balaban J connectivity index is 1.81. The van der Waals surface area contributed by atoms with Crippen LogP contribution >= 0.6 is 0 Å². The predicted molar refractivity (Wildman–Crippen MR) is 60.0 cm³/mol. The van der Waals surface area contributed by atoms with Crippen LogP contribution in [0.25, 0.3) is 0 Å². The Hall–Kier alpha value is -1.90. The van der Waals surface area contributed by atoms with Gasteiger partial charge in [-0.25, -0.2) is 0 Å². The first-order valence-electron chi connectivity index (χ1n) is 5.27. The van der Waals surface area contributed by atoms with Gasteiger partial charge in [0.2, 0.25) is 0 Å². The van der Waals surface area contributed by atoms with Crippen LogP contribution in [0.1, 0.15) is 17.7 Å². The number of ketones is 1. The van der Waals surface area contributed by atoms with Gasteiger partial charge in [0.1, 0.15) is 11.5 Å². The number of Topliss-reactive ketones (excluding diaryl/α,β-unsaturated/α-hetero) is 1. The van der Waals surface area contributed by atoms with Gasteiger partial charge in [0, 0.05) is 31.7 Å². The highest BCUT2D eigenvalue weighted by Gasteiger charge is 2.05. The Labute approximate surface area is 94.1 Å². The average Bonchev–Trinajstić information content (AvgIpc) is 2.81. The number of aryl methyl sites for hydroxylation is 1. The number of hydrogen-bond acceptors (Lipinski definition) is 3. The fraction of sp³-hybridized carbons (Fsp3) is 0.231. The minimum absolute atomic E-state index is 0.212. The minimum atomic E-state index is 0.212. The number of carbonyl (C=O) groups excluding carboxylic acids is 1.